The van der Waals surface area contributed by atoms with E-state index in [1.165, 1.54) is 0 Å². The lowest BCUT2D eigenvalue weighted by Gasteiger charge is -2.28. The molecule has 0 heterocycles. The first-order chi connectivity index (χ1) is 8.77. The maximum atomic E-state index is 11.0. The zero-order valence-electron chi connectivity index (χ0n) is 10.2. The number of aliphatic hydroxyl groups is 1. The molecule has 1 heteroatoms. The van der Waals surface area contributed by atoms with E-state index >= 15 is 0 Å². The summed E-state index contributed by atoms with van der Waals surface area (Å²) >= 11 is 0. The van der Waals surface area contributed by atoms with E-state index in [1.807, 2.05) is 60.7 Å². The van der Waals surface area contributed by atoms with Crippen LogP contribution in [-0.4, -0.2) is 5.11 Å². The normalized spacial score (nSPS) is 10.7. The minimum Gasteiger partial charge on any atom is -0.380 e. The van der Waals surface area contributed by atoms with Crippen LogP contribution < -0.4 is 0 Å². The Balaban J connectivity index is 2.51. The quantitative estimate of drug-likeness (QED) is 0.803. The van der Waals surface area contributed by atoms with E-state index in [1.54, 1.807) is 6.08 Å². The Labute approximate surface area is 108 Å². The van der Waals surface area contributed by atoms with Crippen molar-refractivity contribution in [2.24, 2.45) is 0 Å². The lowest BCUT2D eigenvalue weighted by atomic mass is 9.83. The van der Waals surface area contributed by atoms with E-state index in [2.05, 4.69) is 12.3 Å². The molecule has 0 saturated carbocycles. The van der Waals surface area contributed by atoms with E-state index in [-0.39, 0.29) is 0 Å². The van der Waals surface area contributed by atoms with Gasteiger partial charge >= 0.3 is 0 Å². The first-order valence-corrected chi connectivity index (χ1v) is 5.95. The van der Waals surface area contributed by atoms with Crippen molar-refractivity contribution in [1.29, 1.82) is 0 Å². The van der Waals surface area contributed by atoms with Gasteiger partial charge in [0.15, 0.2) is 0 Å². The summed E-state index contributed by atoms with van der Waals surface area (Å²) in [6.45, 7) is 3.56. The van der Waals surface area contributed by atoms with Crippen LogP contribution in [0.15, 0.2) is 79.0 Å². The molecule has 0 fully saturated rings. The molecule has 18 heavy (non-hydrogen) atoms. The summed E-state index contributed by atoms with van der Waals surface area (Å²) in [5.41, 5.74) is 3.46. The highest BCUT2D eigenvalue weighted by Gasteiger charge is 2.29. The van der Waals surface area contributed by atoms with Crippen molar-refractivity contribution in [3.05, 3.63) is 90.2 Å². The molecule has 0 spiro atoms. The number of rotatable bonds is 4. The van der Waals surface area contributed by atoms with Crippen LogP contribution in [0, 0.1) is 0 Å². The molecule has 0 aliphatic rings. The Bertz CT molecular complexity index is 497. The molecule has 2 aromatic carbocycles. The molecule has 0 unspecified atom stereocenters. The molecule has 90 valence electrons. The van der Waals surface area contributed by atoms with Gasteiger partial charge in [0.2, 0.25) is 0 Å². The van der Waals surface area contributed by atoms with Gasteiger partial charge in [0.25, 0.3) is 0 Å². The minimum absolute atomic E-state index is 0.463. The summed E-state index contributed by atoms with van der Waals surface area (Å²) < 4.78 is 0. The third-order valence-electron chi connectivity index (χ3n) is 3.04. The standard InChI is InChI=1S/C17H16O/c1-2-3-14-17(18,15-10-6-4-7-11-15)16-12-8-5-9-13-16/h3-13,18H,1,14H2. The van der Waals surface area contributed by atoms with Gasteiger partial charge in [-0.3, -0.25) is 0 Å². The van der Waals surface area contributed by atoms with Crippen molar-refractivity contribution in [3.8, 4) is 0 Å². The molecule has 0 aliphatic carbocycles. The lowest BCUT2D eigenvalue weighted by molar-refractivity contribution is 0.0842. The molecule has 0 saturated heterocycles. The van der Waals surface area contributed by atoms with Crippen LogP contribution in [0.4, 0.5) is 0 Å². The average Bonchev–Trinajstić information content (AvgIpc) is 2.46. The average molecular weight is 236 g/mol. The maximum Gasteiger partial charge on any atom is 0.119 e. The summed E-state index contributed by atoms with van der Waals surface area (Å²) in [5, 5.41) is 11.0. The van der Waals surface area contributed by atoms with Crippen molar-refractivity contribution < 1.29 is 5.11 Å². The highest BCUT2D eigenvalue weighted by molar-refractivity contribution is 5.36. The van der Waals surface area contributed by atoms with Crippen LogP contribution in [0.1, 0.15) is 17.5 Å². The number of hydrogen-bond acceptors (Lipinski definition) is 1. The summed E-state index contributed by atoms with van der Waals surface area (Å²) in [6.07, 6.45) is 2.23. The Morgan fingerprint density at radius 2 is 1.39 bits per heavy atom. The fraction of sp³-hybridized carbons (Fsp3) is 0.118. The van der Waals surface area contributed by atoms with Gasteiger partial charge in [-0.15, -0.1) is 5.73 Å². The van der Waals surface area contributed by atoms with E-state index < -0.39 is 5.60 Å². The van der Waals surface area contributed by atoms with Crippen LogP contribution >= 0.6 is 0 Å². The zero-order chi connectivity index (χ0) is 12.8. The zero-order valence-corrected chi connectivity index (χ0v) is 10.2. The van der Waals surface area contributed by atoms with E-state index in [0.717, 1.165) is 11.1 Å². The lowest BCUT2D eigenvalue weighted by Crippen LogP contribution is -2.26. The Morgan fingerprint density at radius 1 is 0.944 bits per heavy atom. The maximum absolute atomic E-state index is 11.0. The van der Waals surface area contributed by atoms with Crippen molar-refractivity contribution in [3.63, 3.8) is 0 Å². The molecular weight excluding hydrogens is 220 g/mol. The van der Waals surface area contributed by atoms with Gasteiger partial charge in [-0.05, 0) is 17.2 Å². The van der Waals surface area contributed by atoms with Crippen LogP contribution in [-0.2, 0) is 5.60 Å². The highest BCUT2D eigenvalue weighted by atomic mass is 16.3. The second-order valence-electron chi connectivity index (χ2n) is 4.20. The predicted octanol–water partition coefficient (Wildman–Crippen LogP) is 3.65. The predicted molar refractivity (Wildman–Crippen MR) is 74.2 cm³/mol. The van der Waals surface area contributed by atoms with E-state index in [0.29, 0.717) is 6.42 Å². The van der Waals surface area contributed by atoms with Gasteiger partial charge in [0, 0.05) is 6.42 Å². The third kappa shape index (κ3) is 2.43. The molecule has 0 amide bonds. The molecule has 2 rings (SSSR count). The van der Waals surface area contributed by atoms with Crippen LogP contribution in [0.25, 0.3) is 0 Å². The fourth-order valence-electron chi connectivity index (χ4n) is 2.05. The van der Waals surface area contributed by atoms with E-state index in [4.69, 9.17) is 0 Å². The topological polar surface area (TPSA) is 20.2 Å². The minimum atomic E-state index is -1.02. The molecule has 0 aliphatic heterocycles. The monoisotopic (exact) mass is 236 g/mol. The first kappa shape index (κ1) is 12.4. The van der Waals surface area contributed by atoms with Crippen molar-refractivity contribution in [1.82, 2.24) is 0 Å². The van der Waals surface area contributed by atoms with Gasteiger partial charge < -0.3 is 5.11 Å². The summed E-state index contributed by atoms with van der Waals surface area (Å²) in [4.78, 5) is 0. The summed E-state index contributed by atoms with van der Waals surface area (Å²) in [5.74, 6) is 0. The first-order valence-electron chi connectivity index (χ1n) is 5.95. The van der Waals surface area contributed by atoms with E-state index in [9.17, 15) is 5.11 Å². The summed E-state index contributed by atoms with van der Waals surface area (Å²) in [6, 6.07) is 19.3. The number of hydrogen-bond donors (Lipinski definition) is 1. The molecule has 1 nitrogen and oxygen atoms in total. The van der Waals surface area contributed by atoms with Crippen molar-refractivity contribution in [2.75, 3.05) is 0 Å². The largest absolute Gasteiger partial charge is 0.380 e. The Morgan fingerprint density at radius 3 is 1.78 bits per heavy atom. The molecule has 0 aromatic heterocycles. The number of benzene rings is 2. The van der Waals surface area contributed by atoms with Gasteiger partial charge in [0.1, 0.15) is 5.60 Å². The fourth-order valence-corrected chi connectivity index (χ4v) is 2.05. The molecule has 0 bridgehead atoms. The molecule has 1 N–H and O–H groups in total. The Hall–Kier alpha value is -2.08. The Kier molecular flexibility index (Phi) is 3.78. The van der Waals surface area contributed by atoms with Gasteiger partial charge in [-0.2, -0.15) is 0 Å². The van der Waals surface area contributed by atoms with Crippen LogP contribution in [0.5, 0.6) is 0 Å². The molecule has 0 radical (unpaired) electrons. The van der Waals surface area contributed by atoms with Crippen molar-refractivity contribution in [2.45, 2.75) is 12.0 Å². The molecular formula is C17H16O. The van der Waals surface area contributed by atoms with Crippen LogP contribution in [0.3, 0.4) is 0 Å². The second kappa shape index (κ2) is 5.50. The third-order valence-corrected chi connectivity index (χ3v) is 3.04. The molecule has 2 aromatic rings. The molecule has 0 atom stereocenters. The van der Waals surface area contributed by atoms with Gasteiger partial charge in [-0.25, -0.2) is 0 Å². The van der Waals surface area contributed by atoms with Crippen LogP contribution in [0.2, 0.25) is 0 Å². The van der Waals surface area contributed by atoms with Gasteiger partial charge in [0.05, 0.1) is 0 Å². The smallest absolute Gasteiger partial charge is 0.119 e. The SMILES string of the molecule is C=C=CCC(O)(c1ccccc1)c1ccccc1. The summed E-state index contributed by atoms with van der Waals surface area (Å²) in [7, 11) is 0. The second-order valence-corrected chi connectivity index (χ2v) is 4.20. The van der Waals surface area contributed by atoms with Gasteiger partial charge in [-0.1, -0.05) is 67.2 Å². The van der Waals surface area contributed by atoms with Crippen molar-refractivity contribution >= 4 is 0 Å². The highest BCUT2D eigenvalue weighted by Crippen LogP contribution is 2.32.